The SMILES string of the molecule is C[C@@H](NC(=O)CC1CCCCC1)C(=O)NC[C@H](C)N(C)C. The van der Waals surface area contributed by atoms with E-state index < -0.39 is 6.04 Å². The molecule has 0 unspecified atom stereocenters. The third kappa shape index (κ3) is 6.93. The molecule has 1 aliphatic carbocycles. The molecule has 1 rings (SSSR count). The maximum absolute atomic E-state index is 12.0. The summed E-state index contributed by atoms with van der Waals surface area (Å²) in [5.74, 6) is 0.397. The summed E-state index contributed by atoms with van der Waals surface area (Å²) < 4.78 is 0. The van der Waals surface area contributed by atoms with Gasteiger partial charge in [0.2, 0.25) is 11.8 Å². The van der Waals surface area contributed by atoms with Gasteiger partial charge in [-0.25, -0.2) is 0 Å². The van der Waals surface area contributed by atoms with Crippen molar-refractivity contribution in [2.45, 2.75) is 64.5 Å². The minimum Gasteiger partial charge on any atom is -0.353 e. The van der Waals surface area contributed by atoms with E-state index in [9.17, 15) is 9.59 Å². The molecule has 0 aromatic heterocycles. The van der Waals surface area contributed by atoms with Gasteiger partial charge in [0.15, 0.2) is 0 Å². The van der Waals surface area contributed by atoms with Crippen molar-refractivity contribution in [3.05, 3.63) is 0 Å². The second kappa shape index (κ2) is 9.03. The molecule has 1 saturated carbocycles. The Bertz CT molecular complexity index is 338. The van der Waals surface area contributed by atoms with Crippen LogP contribution < -0.4 is 10.6 Å². The van der Waals surface area contributed by atoms with Crippen LogP contribution >= 0.6 is 0 Å². The van der Waals surface area contributed by atoms with E-state index in [-0.39, 0.29) is 17.9 Å². The highest BCUT2D eigenvalue weighted by atomic mass is 16.2. The molecule has 0 saturated heterocycles. The molecule has 0 aromatic carbocycles. The van der Waals surface area contributed by atoms with Crippen LogP contribution in [-0.2, 0) is 9.59 Å². The molecule has 0 radical (unpaired) electrons. The normalized spacial score (nSPS) is 19.1. The van der Waals surface area contributed by atoms with Gasteiger partial charge in [-0.3, -0.25) is 9.59 Å². The van der Waals surface area contributed by atoms with E-state index >= 15 is 0 Å². The number of carbonyl (C=O) groups is 2. The maximum atomic E-state index is 12.0. The number of hydrogen-bond donors (Lipinski definition) is 2. The summed E-state index contributed by atoms with van der Waals surface area (Å²) in [5.41, 5.74) is 0. The highest BCUT2D eigenvalue weighted by molar-refractivity contribution is 5.87. The van der Waals surface area contributed by atoms with Gasteiger partial charge in [0.25, 0.3) is 0 Å². The van der Waals surface area contributed by atoms with Crippen LogP contribution in [0.1, 0.15) is 52.4 Å². The fourth-order valence-electron chi connectivity index (χ4n) is 2.60. The van der Waals surface area contributed by atoms with Gasteiger partial charge >= 0.3 is 0 Å². The summed E-state index contributed by atoms with van der Waals surface area (Å²) in [7, 11) is 3.96. The molecule has 0 heterocycles. The van der Waals surface area contributed by atoms with Crippen molar-refractivity contribution in [1.29, 1.82) is 0 Å². The highest BCUT2D eigenvalue weighted by Gasteiger charge is 2.20. The zero-order valence-corrected chi connectivity index (χ0v) is 13.9. The topological polar surface area (TPSA) is 61.4 Å². The molecule has 2 N–H and O–H groups in total. The standard InChI is InChI=1S/C16H31N3O2/c1-12(19(3)4)11-17-16(21)13(2)18-15(20)10-14-8-6-5-7-9-14/h12-14H,5-11H2,1-4H3,(H,17,21)(H,18,20)/t12-,13+/m0/s1. The van der Waals surface area contributed by atoms with E-state index in [1.807, 2.05) is 25.9 Å². The lowest BCUT2D eigenvalue weighted by molar-refractivity contribution is -0.129. The van der Waals surface area contributed by atoms with Crippen molar-refractivity contribution in [2.75, 3.05) is 20.6 Å². The Labute approximate surface area is 128 Å². The van der Waals surface area contributed by atoms with E-state index in [0.717, 1.165) is 12.8 Å². The lowest BCUT2D eigenvalue weighted by Crippen LogP contribution is -2.48. The first-order chi connectivity index (χ1) is 9.90. The van der Waals surface area contributed by atoms with Gasteiger partial charge in [-0.1, -0.05) is 19.3 Å². The molecule has 122 valence electrons. The molecule has 1 fully saturated rings. The van der Waals surface area contributed by atoms with Crippen molar-refractivity contribution in [3.8, 4) is 0 Å². The quantitative estimate of drug-likeness (QED) is 0.749. The van der Waals surface area contributed by atoms with Crippen LogP contribution in [0.25, 0.3) is 0 Å². The molecule has 0 aromatic rings. The number of rotatable bonds is 7. The second-order valence-corrected chi connectivity index (χ2v) is 6.56. The van der Waals surface area contributed by atoms with E-state index in [1.165, 1.54) is 19.3 Å². The second-order valence-electron chi connectivity index (χ2n) is 6.56. The van der Waals surface area contributed by atoms with Crippen LogP contribution in [0.5, 0.6) is 0 Å². The van der Waals surface area contributed by atoms with E-state index in [1.54, 1.807) is 6.92 Å². The summed E-state index contributed by atoms with van der Waals surface area (Å²) in [6, 6.07) is -0.186. The van der Waals surface area contributed by atoms with E-state index in [4.69, 9.17) is 0 Å². The minimum atomic E-state index is -0.463. The Morgan fingerprint density at radius 3 is 2.33 bits per heavy atom. The molecular formula is C16H31N3O2. The molecule has 0 bridgehead atoms. The number of hydrogen-bond acceptors (Lipinski definition) is 3. The third-order valence-electron chi connectivity index (χ3n) is 4.42. The average molecular weight is 297 g/mol. The van der Waals surface area contributed by atoms with E-state index in [0.29, 0.717) is 18.9 Å². The summed E-state index contributed by atoms with van der Waals surface area (Å²) in [5, 5.41) is 5.69. The van der Waals surface area contributed by atoms with Crippen molar-refractivity contribution >= 4 is 11.8 Å². The molecule has 5 nitrogen and oxygen atoms in total. The zero-order chi connectivity index (χ0) is 15.8. The summed E-state index contributed by atoms with van der Waals surface area (Å²) in [4.78, 5) is 26.0. The largest absolute Gasteiger partial charge is 0.353 e. The molecule has 0 spiro atoms. The molecule has 2 amide bonds. The van der Waals surface area contributed by atoms with Gasteiger partial charge in [-0.15, -0.1) is 0 Å². The third-order valence-corrected chi connectivity index (χ3v) is 4.42. The molecular weight excluding hydrogens is 266 g/mol. The van der Waals surface area contributed by atoms with Gasteiger partial charge in [0, 0.05) is 19.0 Å². The van der Waals surface area contributed by atoms with Crippen LogP contribution in [0, 0.1) is 5.92 Å². The first kappa shape index (κ1) is 18.0. The van der Waals surface area contributed by atoms with Gasteiger partial charge in [0.1, 0.15) is 6.04 Å². The van der Waals surface area contributed by atoms with Crippen molar-refractivity contribution in [3.63, 3.8) is 0 Å². The number of likely N-dealkylation sites (N-methyl/N-ethyl adjacent to an activating group) is 1. The number of amides is 2. The summed E-state index contributed by atoms with van der Waals surface area (Å²) in [6.07, 6.45) is 6.61. The van der Waals surface area contributed by atoms with Gasteiger partial charge in [0.05, 0.1) is 0 Å². The number of nitrogens with one attached hydrogen (secondary N) is 2. The van der Waals surface area contributed by atoms with Gasteiger partial charge in [-0.2, -0.15) is 0 Å². The molecule has 2 atom stereocenters. The monoisotopic (exact) mass is 297 g/mol. The predicted octanol–water partition coefficient (Wildman–Crippen LogP) is 1.53. The lowest BCUT2D eigenvalue weighted by atomic mass is 9.87. The average Bonchev–Trinajstić information content (AvgIpc) is 2.44. The molecule has 1 aliphatic rings. The van der Waals surface area contributed by atoms with Gasteiger partial charge in [-0.05, 0) is 46.7 Å². The Balaban J connectivity index is 2.25. The zero-order valence-electron chi connectivity index (χ0n) is 13.9. The summed E-state index contributed by atoms with van der Waals surface area (Å²) >= 11 is 0. The van der Waals surface area contributed by atoms with Crippen molar-refractivity contribution in [1.82, 2.24) is 15.5 Å². The van der Waals surface area contributed by atoms with Crippen molar-refractivity contribution in [2.24, 2.45) is 5.92 Å². The van der Waals surface area contributed by atoms with Crippen LogP contribution in [0.15, 0.2) is 0 Å². The highest BCUT2D eigenvalue weighted by Crippen LogP contribution is 2.26. The van der Waals surface area contributed by atoms with Gasteiger partial charge < -0.3 is 15.5 Å². The fraction of sp³-hybridized carbons (Fsp3) is 0.875. The Morgan fingerprint density at radius 1 is 1.14 bits per heavy atom. The maximum Gasteiger partial charge on any atom is 0.242 e. The Kier molecular flexibility index (Phi) is 7.72. The first-order valence-corrected chi connectivity index (χ1v) is 8.13. The Morgan fingerprint density at radius 2 is 1.76 bits per heavy atom. The summed E-state index contributed by atoms with van der Waals surface area (Å²) in [6.45, 7) is 4.38. The fourth-order valence-corrected chi connectivity index (χ4v) is 2.60. The molecule has 21 heavy (non-hydrogen) atoms. The smallest absolute Gasteiger partial charge is 0.242 e. The van der Waals surface area contributed by atoms with Crippen LogP contribution in [0.3, 0.4) is 0 Å². The molecule has 5 heteroatoms. The first-order valence-electron chi connectivity index (χ1n) is 8.13. The van der Waals surface area contributed by atoms with Crippen molar-refractivity contribution < 1.29 is 9.59 Å². The van der Waals surface area contributed by atoms with Crippen LogP contribution in [-0.4, -0.2) is 49.4 Å². The van der Waals surface area contributed by atoms with E-state index in [2.05, 4.69) is 10.6 Å². The molecule has 0 aliphatic heterocycles. The Hall–Kier alpha value is -1.10. The lowest BCUT2D eigenvalue weighted by Gasteiger charge is -2.23. The minimum absolute atomic E-state index is 0.00482. The van der Waals surface area contributed by atoms with Crippen LogP contribution in [0.4, 0.5) is 0 Å². The number of nitrogens with zero attached hydrogens (tertiary/aromatic N) is 1. The number of carbonyl (C=O) groups excluding carboxylic acids is 2. The van der Waals surface area contributed by atoms with Crippen LogP contribution in [0.2, 0.25) is 0 Å². The predicted molar refractivity (Wildman–Crippen MR) is 85.0 cm³/mol.